The monoisotopic (exact) mass is 300 g/mol. The molecule has 1 aromatic carbocycles. The molecule has 0 aliphatic carbocycles. The van der Waals surface area contributed by atoms with Gasteiger partial charge >= 0.3 is 0 Å². The summed E-state index contributed by atoms with van der Waals surface area (Å²) < 4.78 is 15.7. The zero-order chi connectivity index (χ0) is 15.7. The van der Waals surface area contributed by atoms with E-state index in [-0.39, 0.29) is 11.4 Å². The average molecular weight is 300 g/mol. The van der Waals surface area contributed by atoms with Gasteiger partial charge in [-0.3, -0.25) is 10.1 Å². The van der Waals surface area contributed by atoms with Crippen molar-refractivity contribution >= 4 is 17.0 Å². The predicted octanol–water partition coefficient (Wildman–Crippen LogP) is 3.30. The van der Waals surface area contributed by atoms with Crippen molar-refractivity contribution in [2.75, 3.05) is 5.32 Å². The number of pyridine rings is 1. The summed E-state index contributed by atoms with van der Waals surface area (Å²) in [6.07, 6.45) is 1.88. The van der Waals surface area contributed by atoms with E-state index in [1.165, 1.54) is 12.1 Å². The molecular formula is C15H13FN4O2. The molecule has 0 saturated heterocycles. The lowest BCUT2D eigenvalue weighted by atomic mass is 10.2. The minimum absolute atomic E-state index is 0.208. The number of nitrogens with one attached hydrogen (secondary N) is 1. The van der Waals surface area contributed by atoms with Crippen LogP contribution < -0.4 is 5.32 Å². The molecule has 2 heterocycles. The maximum atomic E-state index is 13.8. The summed E-state index contributed by atoms with van der Waals surface area (Å²) in [4.78, 5) is 14.4. The molecule has 0 aliphatic heterocycles. The second-order valence-corrected chi connectivity index (χ2v) is 4.90. The summed E-state index contributed by atoms with van der Waals surface area (Å²) in [5.41, 5.74) is 2.57. The number of nitrogens with zero attached hydrogens (tertiary/aromatic N) is 3. The number of aromatic nitrogens is 2. The Morgan fingerprint density at radius 3 is 2.86 bits per heavy atom. The fourth-order valence-corrected chi connectivity index (χ4v) is 2.23. The van der Waals surface area contributed by atoms with Gasteiger partial charge in [-0.25, -0.2) is 9.37 Å². The van der Waals surface area contributed by atoms with Crippen molar-refractivity contribution in [2.24, 2.45) is 0 Å². The van der Waals surface area contributed by atoms with E-state index in [4.69, 9.17) is 0 Å². The van der Waals surface area contributed by atoms with Gasteiger partial charge in [0.15, 0.2) is 5.82 Å². The number of aryl methyl sites for hydroxylation is 1. The molecule has 112 valence electrons. The Bertz CT molecular complexity index is 860. The highest BCUT2D eigenvalue weighted by molar-refractivity contribution is 5.50. The highest BCUT2D eigenvalue weighted by Crippen LogP contribution is 2.21. The van der Waals surface area contributed by atoms with Gasteiger partial charge in [0.05, 0.1) is 28.9 Å². The number of nitro groups is 1. The molecule has 0 fully saturated rings. The van der Waals surface area contributed by atoms with Crippen molar-refractivity contribution in [3.8, 4) is 0 Å². The predicted molar refractivity (Wildman–Crippen MR) is 80.3 cm³/mol. The highest BCUT2D eigenvalue weighted by Gasteiger charge is 2.11. The van der Waals surface area contributed by atoms with Gasteiger partial charge in [0.2, 0.25) is 0 Å². The molecule has 6 nitrogen and oxygen atoms in total. The highest BCUT2D eigenvalue weighted by atomic mass is 19.1. The first-order chi connectivity index (χ1) is 10.5. The zero-order valence-corrected chi connectivity index (χ0v) is 11.8. The third kappa shape index (κ3) is 2.60. The van der Waals surface area contributed by atoms with Crippen molar-refractivity contribution in [3.63, 3.8) is 0 Å². The molecule has 0 spiro atoms. The molecule has 0 atom stereocenters. The van der Waals surface area contributed by atoms with Crippen LogP contribution in [0.3, 0.4) is 0 Å². The second-order valence-electron chi connectivity index (χ2n) is 4.90. The second kappa shape index (κ2) is 5.44. The Balaban J connectivity index is 1.79. The Kier molecular flexibility index (Phi) is 3.46. The summed E-state index contributed by atoms with van der Waals surface area (Å²) >= 11 is 0. The lowest BCUT2D eigenvalue weighted by Gasteiger charge is -2.05. The Hall–Kier alpha value is -2.96. The smallest absolute Gasteiger partial charge is 0.272 e. The standard InChI is InChI=1S/C15H13FN4O2/c1-10-3-2-4-15-18-11(9-19(10)15)8-17-14-6-5-12(20(21)22)7-13(14)16/h2-7,9,17H,8H2,1H3. The molecule has 0 radical (unpaired) electrons. The molecule has 0 unspecified atom stereocenters. The molecule has 0 amide bonds. The first kappa shape index (κ1) is 14.0. The number of imidazole rings is 1. The molecule has 1 N–H and O–H groups in total. The van der Waals surface area contributed by atoms with Crippen LogP contribution in [0.5, 0.6) is 0 Å². The lowest BCUT2D eigenvalue weighted by Crippen LogP contribution is -2.02. The van der Waals surface area contributed by atoms with Gasteiger partial charge in [-0.05, 0) is 25.1 Å². The average Bonchev–Trinajstić information content (AvgIpc) is 2.90. The van der Waals surface area contributed by atoms with E-state index in [9.17, 15) is 14.5 Å². The van der Waals surface area contributed by atoms with Crippen LogP contribution in [0.1, 0.15) is 11.4 Å². The number of nitro benzene ring substituents is 1. The van der Waals surface area contributed by atoms with E-state index >= 15 is 0 Å². The topological polar surface area (TPSA) is 72.5 Å². The summed E-state index contributed by atoms with van der Waals surface area (Å²) in [6.45, 7) is 2.30. The van der Waals surface area contributed by atoms with E-state index < -0.39 is 10.7 Å². The SMILES string of the molecule is Cc1cccc2nc(CNc3ccc([N+](=O)[O-])cc3F)cn12. The lowest BCUT2D eigenvalue weighted by molar-refractivity contribution is -0.385. The van der Waals surface area contributed by atoms with Crippen LogP contribution in [0.2, 0.25) is 0 Å². The molecular weight excluding hydrogens is 287 g/mol. The first-order valence-electron chi connectivity index (χ1n) is 6.66. The zero-order valence-electron chi connectivity index (χ0n) is 11.8. The van der Waals surface area contributed by atoms with Crippen LogP contribution in [0.4, 0.5) is 15.8 Å². The van der Waals surface area contributed by atoms with Crippen LogP contribution in [0, 0.1) is 22.9 Å². The van der Waals surface area contributed by atoms with Gasteiger partial charge in [0.1, 0.15) is 5.65 Å². The fraction of sp³-hybridized carbons (Fsp3) is 0.133. The molecule has 0 saturated carbocycles. The Morgan fingerprint density at radius 1 is 1.36 bits per heavy atom. The third-order valence-corrected chi connectivity index (χ3v) is 3.37. The van der Waals surface area contributed by atoms with Crippen molar-refractivity contribution in [1.29, 1.82) is 0 Å². The molecule has 7 heteroatoms. The van der Waals surface area contributed by atoms with Gasteiger partial charge < -0.3 is 9.72 Å². The van der Waals surface area contributed by atoms with E-state index in [1.54, 1.807) is 0 Å². The molecule has 3 aromatic rings. The molecule has 0 bridgehead atoms. The molecule has 3 rings (SSSR count). The van der Waals surface area contributed by atoms with Crippen molar-refractivity contribution in [2.45, 2.75) is 13.5 Å². The summed E-state index contributed by atoms with van der Waals surface area (Å²) in [6, 6.07) is 9.31. The number of rotatable bonds is 4. The van der Waals surface area contributed by atoms with E-state index in [0.717, 1.165) is 23.1 Å². The van der Waals surface area contributed by atoms with Gasteiger partial charge in [0.25, 0.3) is 5.69 Å². The van der Waals surface area contributed by atoms with Crippen molar-refractivity contribution in [3.05, 3.63) is 69.9 Å². The number of halogens is 1. The van der Waals surface area contributed by atoms with Crippen LogP contribution >= 0.6 is 0 Å². The van der Waals surface area contributed by atoms with Crippen LogP contribution in [-0.4, -0.2) is 14.3 Å². The fourth-order valence-electron chi connectivity index (χ4n) is 2.23. The number of non-ortho nitro benzene ring substituents is 1. The Labute approximate surface area is 125 Å². The number of fused-ring (bicyclic) bond motifs is 1. The summed E-state index contributed by atoms with van der Waals surface area (Å²) in [5, 5.41) is 13.5. The number of anilines is 1. The minimum atomic E-state index is -0.658. The normalized spacial score (nSPS) is 10.8. The summed E-state index contributed by atoms with van der Waals surface area (Å²) in [7, 11) is 0. The maximum Gasteiger partial charge on any atom is 0.272 e. The van der Waals surface area contributed by atoms with Gasteiger partial charge in [-0.15, -0.1) is 0 Å². The van der Waals surface area contributed by atoms with Gasteiger partial charge in [0, 0.05) is 18.0 Å². The molecule has 2 aromatic heterocycles. The van der Waals surface area contributed by atoms with Crippen LogP contribution in [-0.2, 0) is 6.54 Å². The van der Waals surface area contributed by atoms with Crippen LogP contribution in [0.15, 0.2) is 42.6 Å². The number of hydrogen-bond acceptors (Lipinski definition) is 4. The van der Waals surface area contributed by atoms with Crippen molar-refractivity contribution < 1.29 is 9.31 Å². The molecule has 22 heavy (non-hydrogen) atoms. The third-order valence-electron chi connectivity index (χ3n) is 3.37. The summed E-state index contributed by atoms with van der Waals surface area (Å²) in [5.74, 6) is -0.658. The van der Waals surface area contributed by atoms with Gasteiger partial charge in [-0.2, -0.15) is 0 Å². The van der Waals surface area contributed by atoms with Gasteiger partial charge in [-0.1, -0.05) is 6.07 Å². The largest absolute Gasteiger partial charge is 0.377 e. The van der Waals surface area contributed by atoms with E-state index in [1.807, 2.05) is 35.7 Å². The quantitative estimate of drug-likeness (QED) is 0.592. The van der Waals surface area contributed by atoms with E-state index in [2.05, 4.69) is 10.3 Å². The Morgan fingerprint density at radius 2 is 2.18 bits per heavy atom. The molecule has 0 aliphatic rings. The number of benzene rings is 1. The van der Waals surface area contributed by atoms with Crippen LogP contribution in [0.25, 0.3) is 5.65 Å². The first-order valence-corrected chi connectivity index (χ1v) is 6.66. The number of hydrogen-bond donors (Lipinski definition) is 1. The van der Waals surface area contributed by atoms with Crippen molar-refractivity contribution in [1.82, 2.24) is 9.38 Å². The minimum Gasteiger partial charge on any atom is -0.377 e. The maximum absolute atomic E-state index is 13.8. The van der Waals surface area contributed by atoms with E-state index in [0.29, 0.717) is 6.54 Å².